The van der Waals surface area contributed by atoms with Gasteiger partial charge in [0.25, 0.3) is 0 Å². The molecular weight excluding hydrogens is 184 g/mol. The van der Waals surface area contributed by atoms with Gasteiger partial charge in [-0.1, -0.05) is 0 Å². The van der Waals surface area contributed by atoms with Gasteiger partial charge in [0.1, 0.15) is 5.60 Å². The molecule has 1 rings (SSSR count). The monoisotopic (exact) mass is 198 g/mol. The van der Waals surface area contributed by atoms with Gasteiger partial charge < -0.3 is 5.11 Å². The van der Waals surface area contributed by atoms with Gasteiger partial charge >= 0.3 is 0 Å². The molecule has 0 radical (unpaired) electrons. The maximum absolute atomic E-state index is 11.3. The summed E-state index contributed by atoms with van der Waals surface area (Å²) in [5, 5.41) is 13.4. The van der Waals surface area contributed by atoms with E-state index in [1.807, 2.05) is 16.8 Å². The lowest BCUT2D eigenvalue weighted by Crippen LogP contribution is -2.31. The van der Waals surface area contributed by atoms with Gasteiger partial charge in [0, 0.05) is 6.42 Å². The summed E-state index contributed by atoms with van der Waals surface area (Å²) in [5.74, 6) is -0.0984. The van der Waals surface area contributed by atoms with E-state index in [9.17, 15) is 9.90 Å². The fraction of sp³-hybridized carbons (Fsp3) is 0.500. The average molecular weight is 198 g/mol. The van der Waals surface area contributed by atoms with Crippen molar-refractivity contribution in [3.05, 3.63) is 22.4 Å². The van der Waals surface area contributed by atoms with Gasteiger partial charge in [-0.05, 0) is 42.7 Å². The first kappa shape index (κ1) is 10.4. The molecule has 0 amide bonds. The normalized spacial score (nSPS) is 11.6. The topological polar surface area (TPSA) is 37.3 Å². The van der Waals surface area contributed by atoms with Crippen molar-refractivity contribution in [1.82, 2.24) is 0 Å². The number of Topliss-reactive ketones (excluding diaryl/α,β-unsaturated/α-hetero) is 1. The van der Waals surface area contributed by atoms with E-state index in [1.165, 1.54) is 19.4 Å². The van der Waals surface area contributed by atoms with Crippen LogP contribution in [0.15, 0.2) is 16.8 Å². The lowest BCUT2D eigenvalue weighted by molar-refractivity contribution is -0.134. The molecule has 0 aliphatic rings. The van der Waals surface area contributed by atoms with Crippen molar-refractivity contribution in [2.24, 2.45) is 0 Å². The molecule has 0 unspecified atom stereocenters. The van der Waals surface area contributed by atoms with E-state index < -0.39 is 5.60 Å². The Morgan fingerprint density at radius 3 is 2.77 bits per heavy atom. The molecule has 0 saturated heterocycles. The molecule has 1 aromatic rings. The molecule has 0 saturated carbocycles. The highest BCUT2D eigenvalue weighted by Gasteiger charge is 2.22. The fourth-order valence-electron chi connectivity index (χ4n) is 0.999. The summed E-state index contributed by atoms with van der Waals surface area (Å²) in [6.07, 6.45) is 1.15. The zero-order valence-corrected chi connectivity index (χ0v) is 8.73. The molecular formula is C10H14O2S. The molecule has 0 aliphatic carbocycles. The summed E-state index contributed by atoms with van der Waals surface area (Å²) < 4.78 is 0. The van der Waals surface area contributed by atoms with Crippen molar-refractivity contribution in [1.29, 1.82) is 0 Å². The van der Waals surface area contributed by atoms with Crippen LogP contribution in [0.25, 0.3) is 0 Å². The molecule has 0 aromatic carbocycles. The van der Waals surface area contributed by atoms with Gasteiger partial charge in [-0.25, -0.2) is 0 Å². The number of aliphatic hydroxyl groups is 1. The van der Waals surface area contributed by atoms with Crippen molar-refractivity contribution in [2.45, 2.75) is 32.3 Å². The van der Waals surface area contributed by atoms with E-state index in [1.54, 1.807) is 11.3 Å². The summed E-state index contributed by atoms with van der Waals surface area (Å²) in [6, 6.07) is 2.00. The number of carbonyl (C=O) groups is 1. The molecule has 0 spiro atoms. The summed E-state index contributed by atoms with van der Waals surface area (Å²) in [6.45, 7) is 3.06. The highest BCUT2D eigenvalue weighted by Crippen LogP contribution is 2.12. The SMILES string of the molecule is CC(C)(O)C(=O)CCc1ccsc1. The molecule has 1 heterocycles. The van der Waals surface area contributed by atoms with Gasteiger partial charge in [0.2, 0.25) is 0 Å². The minimum Gasteiger partial charge on any atom is -0.383 e. The number of carbonyl (C=O) groups excluding carboxylic acids is 1. The Labute approximate surface area is 82.2 Å². The Balaban J connectivity index is 2.40. The van der Waals surface area contributed by atoms with Crippen LogP contribution in [0.4, 0.5) is 0 Å². The third kappa shape index (κ3) is 3.28. The predicted molar refractivity (Wildman–Crippen MR) is 53.9 cm³/mol. The number of thiophene rings is 1. The molecule has 3 heteroatoms. The largest absolute Gasteiger partial charge is 0.383 e. The van der Waals surface area contributed by atoms with E-state index in [0.29, 0.717) is 6.42 Å². The number of ketones is 1. The van der Waals surface area contributed by atoms with Crippen molar-refractivity contribution >= 4 is 17.1 Å². The zero-order chi connectivity index (χ0) is 9.90. The van der Waals surface area contributed by atoms with Crippen LogP contribution in [0.2, 0.25) is 0 Å². The highest BCUT2D eigenvalue weighted by molar-refractivity contribution is 7.07. The van der Waals surface area contributed by atoms with Crippen LogP contribution in [0.5, 0.6) is 0 Å². The van der Waals surface area contributed by atoms with Crippen LogP contribution >= 0.6 is 11.3 Å². The van der Waals surface area contributed by atoms with Gasteiger partial charge in [0.05, 0.1) is 0 Å². The van der Waals surface area contributed by atoms with Crippen LogP contribution in [0.1, 0.15) is 25.8 Å². The first-order chi connectivity index (χ1) is 6.00. The maximum Gasteiger partial charge on any atom is 0.164 e. The number of hydrogen-bond donors (Lipinski definition) is 1. The van der Waals surface area contributed by atoms with Crippen LogP contribution in [0, 0.1) is 0 Å². The summed E-state index contributed by atoms with van der Waals surface area (Å²) >= 11 is 1.62. The maximum atomic E-state index is 11.3. The molecule has 13 heavy (non-hydrogen) atoms. The van der Waals surface area contributed by atoms with Crippen LogP contribution < -0.4 is 0 Å². The van der Waals surface area contributed by atoms with Gasteiger partial charge in [-0.15, -0.1) is 0 Å². The van der Waals surface area contributed by atoms with Crippen LogP contribution in [-0.2, 0) is 11.2 Å². The van der Waals surface area contributed by atoms with E-state index in [0.717, 1.165) is 6.42 Å². The quantitative estimate of drug-likeness (QED) is 0.803. The molecule has 0 fully saturated rings. The second-order valence-electron chi connectivity index (χ2n) is 3.61. The molecule has 0 atom stereocenters. The van der Waals surface area contributed by atoms with Gasteiger partial charge in [-0.3, -0.25) is 4.79 Å². The first-order valence-corrected chi connectivity index (χ1v) is 5.21. The van der Waals surface area contributed by atoms with Gasteiger partial charge in [-0.2, -0.15) is 11.3 Å². The minimum absolute atomic E-state index is 0.0984. The minimum atomic E-state index is -1.18. The second-order valence-corrected chi connectivity index (χ2v) is 4.39. The third-order valence-electron chi connectivity index (χ3n) is 1.90. The first-order valence-electron chi connectivity index (χ1n) is 4.27. The summed E-state index contributed by atoms with van der Waals surface area (Å²) in [7, 11) is 0. The third-order valence-corrected chi connectivity index (χ3v) is 2.64. The number of rotatable bonds is 4. The Morgan fingerprint density at radius 1 is 1.62 bits per heavy atom. The smallest absolute Gasteiger partial charge is 0.164 e. The molecule has 1 aromatic heterocycles. The van der Waals surface area contributed by atoms with Crippen LogP contribution in [-0.4, -0.2) is 16.5 Å². The lowest BCUT2D eigenvalue weighted by Gasteiger charge is -2.14. The van der Waals surface area contributed by atoms with E-state index in [-0.39, 0.29) is 5.78 Å². The molecule has 0 bridgehead atoms. The van der Waals surface area contributed by atoms with E-state index >= 15 is 0 Å². The highest BCUT2D eigenvalue weighted by atomic mass is 32.1. The van der Waals surface area contributed by atoms with Gasteiger partial charge in [0.15, 0.2) is 5.78 Å². The summed E-state index contributed by atoms with van der Waals surface area (Å²) in [5.41, 5.74) is -0.0154. The molecule has 72 valence electrons. The van der Waals surface area contributed by atoms with Crippen LogP contribution in [0.3, 0.4) is 0 Å². The summed E-state index contributed by atoms with van der Waals surface area (Å²) in [4.78, 5) is 11.3. The zero-order valence-electron chi connectivity index (χ0n) is 7.91. The number of aryl methyl sites for hydroxylation is 1. The average Bonchev–Trinajstić information content (AvgIpc) is 2.50. The van der Waals surface area contributed by atoms with Crippen molar-refractivity contribution in [2.75, 3.05) is 0 Å². The fourth-order valence-corrected chi connectivity index (χ4v) is 1.70. The predicted octanol–water partition coefficient (Wildman–Crippen LogP) is 2.02. The Kier molecular flexibility index (Phi) is 3.22. The number of hydrogen-bond acceptors (Lipinski definition) is 3. The van der Waals surface area contributed by atoms with E-state index in [4.69, 9.17) is 0 Å². The van der Waals surface area contributed by atoms with Crippen molar-refractivity contribution in [3.63, 3.8) is 0 Å². The molecule has 1 N–H and O–H groups in total. The van der Waals surface area contributed by atoms with Crippen molar-refractivity contribution in [3.8, 4) is 0 Å². The lowest BCUT2D eigenvalue weighted by atomic mass is 9.98. The van der Waals surface area contributed by atoms with Crippen molar-refractivity contribution < 1.29 is 9.90 Å². The molecule has 0 aliphatic heterocycles. The standard InChI is InChI=1S/C10H14O2S/c1-10(2,12)9(11)4-3-8-5-6-13-7-8/h5-7,12H,3-4H2,1-2H3. The van der Waals surface area contributed by atoms with E-state index in [2.05, 4.69) is 0 Å². The Bertz CT molecular complexity index is 270. The second kappa shape index (κ2) is 4.03. The Hall–Kier alpha value is -0.670. The molecule has 2 nitrogen and oxygen atoms in total. The Morgan fingerprint density at radius 2 is 2.31 bits per heavy atom.